The largest absolute Gasteiger partial charge is 0.462 e. The van der Waals surface area contributed by atoms with Crippen molar-refractivity contribution in [1.82, 2.24) is 9.88 Å². The molecule has 0 aliphatic carbocycles. The van der Waals surface area contributed by atoms with Gasteiger partial charge in [0.25, 0.3) is 0 Å². The van der Waals surface area contributed by atoms with E-state index < -0.39 is 0 Å². The van der Waals surface area contributed by atoms with Gasteiger partial charge in [0.2, 0.25) is 5.91 Å². The number of nitrogens with one attached hydrogen (secondary N) is 1. The molecule has 2 heterocycles. The van der Waals surface area contributed by atoms with Crippen LogP contribution in [0.1, 0.15) is 17.3 Å². The molecule has 7 heteroatoms. The molecule has 1 aromatic carbocycles. The summed E-state index contributed by atoms with van der Waals surface area (Å²) in [6.07, 6.45) is 1.78. The van der Waals surface area contributed by atoms with Crippen LogP contribution in [0.25, 0.3) is 0 Å². The summed E-state index contributed by atoms with van der Waals surface area (Å²) >= 11 is 0. The summed E-state index contributed by atoms with van der Waals surface area (Å²) in [5.41, 5.74) is 1.29. The lowest BCUT2D eigenvalue weighted by Crippen LogP contribution is -2.50. The van der Waals surface area contributed by atoms with Crippen molar-refractivity contribution in [3.8, 4) is 0 Å². The molecule has 27 heavy (non-hydrogen) atoms. The van der Waals surface area contributed by atoms with E-state index in [1.807, 2.05) is 23.1 Å². The highest BCUT2D eigenvalue weighted by molar-refractivity contribution is 5.90. The Morgan fingerprint density at radius 2 is 1.81 bits per heavy atom. The highest BCUT2D eigenvalue weighted by Crippen LogP contribution is 2.13. The summed E-state index contributed by atoms with van der Waals surface area (Å²) in [5.74, 6) is 0.667. The van der Waals surface area contributed by atoms with Gasteiger partial charge in [-0.25, -0.2) is 9.78 Å². The second kappa shape index (κ2) is 9.02. The van der Waals surface area contributed by atoms with Crippen molar-refractivity contribution in [3.05, 3.63) is 54.2 Å². The van der Waals surface area contributed by atoms with E-state index in [1.165, 1.54) is 0 Å². The topological polar surface area (TPSA) is 74.8 Å². The number of rotatable bonds is 6. The number of nitrogens with zero attached hydrogens (tertiary/aromatic N) is 3. The Bertz CT molecular complexity index is 757. The molecule has 2 aromatic rings. The molecular formula is C20H24N4O3. The minimum atomic E-state index is -0.342. The SMILES string of the molecule is CCOC(=O)c1ccc(NCC(=O)N2CCN(c3ccccn3)CC2)cc1. The fourth-order valence-corrected chi connectivity index (χ4v) is 2.95. The maximum Gasteiger partial charge on any atom is 0.338 e. The average molecular weight is 368 g/mol. The van der Waals surface area contributed by atoms with Crippen LogP contribution < -0.4 is 10.2 Å². The second-order valence-corrected chi connectivity index (χ2v) is 6.21. The molecule has 1 amide bonds. The van der Waals surface area contributed by atoms with Crippen LogP contribution in [0, 0.1) is 0 Å². The van der Waals surface area contributed by atoms with E-state index in [1.54, 1.807) is 37.4 Å². The first-order valence-electron chi connectivity index (χ1n) is 9.12. The quantitative estimate of drug-likeness (QED) is 0.787. The Hall–Kier alpha value is -3.09. The lowest BCUT2D eigenvalue weighted by Gasteiger charge is -2.35. The third-order valence-corrected chi connectivity index (χ3v) is 4.45. The number of piperazine rings is 1. The molecule has 0 bridgehead atoms. The first kappa shape index (κ1) is 18.7. The van der Waals surface area contributed by atoms with Crippen LogP contribution in [-0.4, -0.2) is 61.1 Å². The summed E-state index contributed by atoms with van der Waals surface area (Å²) in [6.45, 7) is 5.25. The minimum absolute atomic E-state index is 0.0603. The lowest BCUT2D eigenvalue weighted by atomic mass is 10.2. The molecule has 7 nitrogen and oxygen atoms in total. The van der Waals surface area contributed by atoms with Crippen molar-refractivity contribution in [1.29, 1.82) is 0 Å². The standard InChI is InChI=1S/C20H24N4O3/c1-2-27-20(26)16-6-8-17(9-7-16)22-15-19(25)24-13-11-23(12-14-24)18-5-3-4-10-21-18/h3-10,22H,2,11-15H2,1H3. The number of esters is 1. The maximum absolute atomic E-state index is 12.4. The predicted octanol–water partition coefficient (Wildman–Crippen LogP) is 2.02. The van der Waals surface area contributed by atoms with Gasteiger partial charge in [-0.15, -0.1) is 0 Å². The summed E-state index contributed by atoms with van der Waals surface area (Å²) in [5, 5.41) is 3.11. The zero-order valence-corrected chi connectivity index (χ0v) is 15.4. The van der Waals surface area contributed by atoms with Gasteiger partial charge in [-0.2, -0.15) is 0 Å². The number of benzene rings is 1. The fourth-order valence-electron chi connectivity index (χ4n) is 2.95. The van der Waals surface area contributed by atoms with Gasteiger partial charge in [0, 0.05) is 38.1 Å². The number of anilines is 2. The lowest BCUT2D eigenvalue weighted by molar-refractivity contribution is -0.129. The molecule has 3 rings (SSSR count). The summed E-state index contributed by atoms with van der Waals surface area (Å²) in [7, 11) is 0. The fraction of sp³-hybridized carbons (Fsp3) is 0.350. The van der Waals surface area contributed by atoms with E-state index in [0.717, 1.165) is 24.6 Å². The van der Waals surface area contributed by atoms with E-state index >= 15 is 0 Å². The first-order chi connectivity index (χ1) is 13.2. The number of hydrogen-bond acceptors (Lipinski definition) is 6. The molecule has 142 valence electrons. The summed E-state index contributed by atoms with van der Waals surface area (Å²) < 4.78 is 4.96. The van der Waals surface area contributed by atoms with Gasteiger partial charge in [-0.3, -0.25) is 4.79 Å². The normalized spacial score (nSPS) is 14.0. The maximum atomic E-state index is 12.4. The highest BCUT2D eigenvalue weighted by atomic mass is 16.5. The molecule has 0 radical (unpaired) electrons. The van der Waals surface area contributed by atoms with E-state index in [9.17, 15) is 9.59 Å². The molecule has 0 spiro atoms. The molecule has 1 N–H and O–H groups in total. The van der Waals surface area contributed by atoms with Gasteiger partial charge in [0.05, 0.1) is 18.7 Å². The molecule has 1 aliphatic rings. The number of ether oxygens (including phenoxy) is 1. The van der Waals surface area contributed by atoms with Crippen molar-refractivity contribution >= 4 is 23.4 Å². The molecule has 1 aromatic heterocycles. The van der Waals surface area contributed by atoms with Gasteiger partial charge in [0.15, 0.2) is 0 Å². The highest BCUT2D eigenvalue weighted by Gasteiger charge is 2.21. The Kier molecular flexibility index (Phi) is 6.25. The Labute approximate surface area is 158 Å². The number of carbonyl (C=O) groups is 2. The van der Waals surface area contributed by atoms with Crippen LogP contribution >= 0.6 is 0 Å². The van der Waals surface area contributed by atoms with Crippen molar-refractivity contribution in [3.63, 3.8) is 0 Å². The smallest absolute Gasteiger partial charge is 0.338 e. The number of hydrogen-bond donors (Lipinski definition) is 1. The molecule has 1 aliphatic heterocycles. The molecule has 0 atom stereocenters. The van der Waals surface area contributed by atoms with E-state index in [4.69, 9.17) is 4.74 Å². The van der Waals surface area contributed by atoms with Crippen LogP contribution in [0.3, 0.4) is 0 Å². The van der Waals surface area contributed by atoms with E-state index in [0.29, 0.717) is 25.3 Å². The van der Waals surface area contributed by atoms with Crippen LogP contribution in [0.2, 0.25) is 0 Å². The number of amides is 1. The van der Waals surface area contributed by atoms with Crippen LogP contribution in [0.5, 0.6) is 0 Å². The van der Waals surface area contributed by atoms with Crippen LogP contribution in [0.4, 0.5) is 11.5 Å². The third kappa shape index (κ3) is 4.97. The third-order valence-electron chi connectivity index (χ3n) is 4.45. The molecule has 0 unspecified atom stereocenters. The monoisotopic (exact) mass is 368 g/mol. The number of aromatic nitrogens is 1. The zero-order chi connectivity index (χ0) is 19.1. The molecular weight excluding hydrogens is 344 g/mol. The summed E-state index contributed by atoms with van der Waals surface area (Å²) in [6, 6.07) is 12.8. The Morgan fingerprint density at radius 3 is 2.44 bits per heavy atom. The van der Waals surface area contributed by atoms with Crippen molar-refractivity contribution in [2.45, 2.75) is 6.92 Å². The zero-order valence-electron chi connectivity index (χ0n) is 15.4. The van der Waals surface area contributed by atoms with E-state index in [2.05, 4.69) is 15.2 Å². The molecule has 0 saturated carbocycles. The van der Waals surface area contributed by atoms with Crippen LogP contribution in [0.15, 0.2) is 48.7 Å². The predicted molar refractivity (Wildman–Crippen MR) is 104 cm³/mol. The van der Waals surface area contributed by atoms with Crippen molar-refractivity contribution in [2.24, 2.45) is 0 Å². The van der Waals surface area contributed by atoms with Crippen LogP contribution in [-0.2, 0) is 9.53 Å². The Morgan fingerprint density at radius 1 is 1.07 bits per heavy atom. The average Bonchev–Trinajstić information content (AvgIpc) is 2.73. The number of pyridine rings is 1. The van der Waals surface area contributed by atoms with Gasteiger partial charge < -0.3 is 19.9 Å². The molecule has 1 saturated heterocycles. The first-order valence-corrected chi connectivity index (χ1v) is 9.12. The number of carbonyl (C=O) groups excluding carboxylic acids is 2. The van der Waals surface area contributed by atoms with Crippen molar-refractivity contribution < 1.29 is 14.3 Å². The molecule has 1 fully saturated rings. The van der Waals surface area contributed by atoms with Gasteiger partial charge in [0.1, 0.15) is 5.82 Å². The minimum Gasteiger partial charge on any atom is -0.462 e. The van der Waals surface area contributed by atoms with Gasteiger partial charge >= 0.3 is 5.97 Å². The van der Waals surface area contributed by atoms with E-state index in [-0.39, 0.29) is 18.4 Å². The summed E-state index contributed by atoms with van der Waals surface area (Å²) in [4.78, 5) is 32.5. The van der Waals surface area contributed by atoms with Gasteiger partial charge in [-0.05, 0) is 43.3 Å². The second-order valence-electron chi connectivity index (χ2n) is 6.21. The Balaban J connectivity index is 1.45. The van der Waals surface area contributed by atoms with Gasteiger partial charge in [-0.1, -0.05) is 6.07 Å². The van der Waals surface area contributed by atoms with Crippen molar-refractivity contribution in [2.75, 3.05) is 49.5 Å².